The molecule has 0 spiro atoms. The van der Waals surface area contributed by atoms with Crippen LogP contribution in [0.2, 0.25) is 5.02 Å². The number of ketones is 1. The number of hydrogen-bond donors (Lipinski definition) is 0. The molecule has 4 heteroatoms. The van der Waals surface area contributed by atoms with E-state index in [4.69, 9.17) is 16.3 Å². The van der Waals surface area contributed by atoms with Crippen LogP contribution in [0, 0.1) is 11.8 Å². The van der Waals surface area contributed by atoms with Gasteiger partial charge < -0.3 is 4.74 Å². The lowest BCUT2D eigenvalue weighted by molar-refractivity contribution is -0.145. The highest BCUT2D eigenvalue weighted by atomic mass is 35.5. The Balaban J connectivity index is 2.22. The Morgan fingerprint density at radius 3 is 2.14 bits per heavy atom. The minimum atomic E-state index is -0.690. The Morgan fingerprint density at radius 1 is 1.05 bits per heavy atom. The van der Waals surface area contributed by atoms with Crippen molar-refractivity contribution in [2.75, 3.05) is 7.11 Å². The van der Waals surface area contributed by atoms with Crippen molar-refractivity contribution >= 4 is 23.4 Å². The quantitative estimate of drug-likeness (QED) is 0.459. The molecule has 0 radical (unpaired) electrons. The van der Waals surface area contributed by atoms with Crippen LogP contribution >= 0.6 is 11.6 Å². The molecule has 1 saturated carbocycles. The summed E-state index contributed by atoms with van der Waals surface area (Å²) in [7, 11) is 1.35. The van der Waals surface area contributed by atoms with Gasteiger partial charge in [-0.15, -0.1) is 0 Å². The molecular weight excluding hydrogens is 300 g/mol. The summed E-state index contributed by atoms with van der Waals surface area (Å²) >= 11 is 5.87. The van der Waals surface area contributed by atoms with Crippen LogP contribution in [0.4, 0.5) is 0 Å². The molecule has 0 saturated heterocycles. The Hall–Kier alpha value is -1.35. The minimum Gasteiger partial charge on any atom is -0.468 e. The number of methoxy groups -OCH3 is 1. The second kappa shape index (κ2) is 8.33. The van der Waals surface area contributed by atoms with Gasteiger partial charge in [-0.05, 0) is 43.0 Å². The molecular formula is C18H23ClO3. The van der Waals surface area contributed by atoms with Gasteiger partial charge in [-0.1, -0.05) is 43.7 Å². The van der Waals surface area contributed by atoms with Gasteiger partial charge in [0, 0.05) is 10.6 Å². The van der Waals surface area contributed by atoms with E-state index in [2.05, 4.69) is 0 Å². The molecule has 120 valence electrons. The second-order valence-electron chi connectivity index (χ2n) is 5.98. The normalized spacial score (nSPS) is 18.1. The largest absolute Gasteiger partial charge is 0.468 e. The zero-order valence-electron chi connectivity index (χ0n) is 13.0. The fourth-order valence-corrected chi connectivity index (χ4v) is 3.38. The first-order valence-corrected chi connectivity index (χ1v) is 8.39. The van der Waals surface area contributed by atoms with E-state index in [0.29, 0.717) is 10.6 Å². The Bertz CT molecular complexity index is 502. The highest BCUT2D eigenvalue weighted by Gasteiger charge is 2.35. The predicted octanol–water partition coefficient (Wildman–Crippen LogP) is 4.67. The van der Waals surface area contributed by atoms with Crippen LogP contribution in [0.15, 0.2) is 24.3 Å². The van der Waals surface area contributed by atoms with Crippen LogP contribution in [0.1, 0.15) is 55.3 Å². The Kier molecular flexibility index (Phi) is 6.44. The first-order chi connectivity index (χ1) is 10.6. The maximum absolute atomic E-state index is 12.8. The number of carbonyl (C=O) groups excluding carboxylic acids is 2. The van der Waals surface area contributed by atoms with Crippen LogP contribution in [-0.2, 0) is 9.53 Å². The third-order valence-corrected chi connectivity index (χ3v) is 4.74. The third-order valence-electron chi connectivity index (χ3n) is 4.49. The molecule has 1 aromatic rings. The van der Waals surface area contributed by atoms with Crippen LogP contribution in [-0.4, -0.2) is 18.9 Å². The van der Waals surface area contributed by atoms with Gasteiger partial charge in [-0.3, -0.25) is 9.59 Å². The fraction of sp³-hybridized carbons (Fsp3) is 0.556. The number of ether oxygens (including phenoxy) is 1. The zero-order valence-corrected chi connectivity index (χ0v) is 13.8. The van der Waals surface area contributed by atoms with Gasteiger partial charge in [0.1, 0.15) is 5.92 Å². The van der Waals surface area contributed by atoms with Crippen molar-refractivity contribution in [3.63, 3.8) is 0 Å². The molecule has 1 unspecified atom stereocenters. The van der Waals surface area contributed by atoms with Crippen LogP contribution in [0.3, 0.4) is 0 Å². The summed E-state index contributed by atoms with van der Waals surface area (Å²) in [5, 5.41) is 0.581. The van der Waals surface area contributed by atoms with Gasteiger partial charge >= 0.3 is 5.97 Å². The number of Topliss-reactive ketones (excluding diaryl/α,β-unsaturated/α-hetero) is 1. The van der Waals surface area contributed by atoms with Crippen molar-refractivity contribution < 1.29 is 14.3 Å². The van der Waals surface area contributed by atoms with E-state index in [0.717, 1.165) is 25.7 Å². The molecule has 1 atom stereocenters. The van der Waals surface area contributed by atoms with Crippen molar-refractivity contribution in [1.29, 1.82) is 0 Å². The Morgan fingerprint density at radius 2 is 1.59 bits per heavy atom. The second-order valence-corrected chi connectivity index (χ2v) is 6.41. The molecule has 22 heavy (non-hydrogen) atoms. The van der Waals surface area contributed by atoms with E-state index in [1.165, 1.54) is 26.4 Å². The minimum absolute atomic E-state index is 0.0796. The molecule has 0 heterocycles. The highest BCUT2D eigenvalue weighted by Crippen LogP contribution is 2.31. The summed E-state index contributed by atoms with van der Waals surface area (Å²) in [6.07, 6.45) is 7.59. The van der Waals surface area contributed by atoms with E-state index >= 15 is 0 Å². The average molecular weight is 323 g/mol. The molecule has 0 aliphatic heterocycles. The topological polar surface area (TPSA) is 43.4 Å². The zero-order chi connectivity index (χ0) is 15.9. The van der Waals surface area contributed by atoms with E-state index in [1.807, 2.05) is 0 Å². The number of rotatable bonds is 4. The lowest BCUT2D eigenvalue weighted by atomic mass is 9.78. The number of benzene rings is 1. The van der Waals surface area contributed by atoms with Gasteiger partial charge in [0.2, 0.25) is 0 Å². The van der Waals surface area contributed by atoms with Gasteiger partial charge in [-0.25, -0.2) is 0 Å². The van der Waals surface area contributed by atoms with Crippen molar-refractivity contribution in [2.24, 2.45) is 11.8 Å². The summed E-state index contributed by atoms with van der Waals surface area (Å²) in [4.78, 5) is 25.0. The standard InChI is InChI=1S/C18H23ClO3/c1-22-18(21)16(13-7-5-3-2-4-6-8-13)17(20)14-9-11-15(19)12-10-14/h9-13,16H,2-8H2,1H3. The number of carbonyl (C=O) groups is 2. The molecule has 1 aromatic carbocycles. The van der Waals surface area contributed by atoms with E-state index in [1.54, 1.807) is 24.3 Å². The van der Waals surface area contributed by atoms with E-state index in [-0.39, 0.29) is 11.7 Å². The predicted molar refractivity (Wildman–Crippen MR) is 87.1 cm³/mol. The number of esters is 1. The maximum atomic E-state index is 12.8. The first-order valence-electron chi connectivity index (χ1n) is 8.01. The SMILES string of the molecule is COC(=O)C(C(=O)c1ccc(Cl)cc1)C1CCCCCCC1. The smallest absolute Gasteiger partial charge is 0.316 e. The molecule has 3 nitrogen and oxygen atoms in total. The van der Waals surface area contributed by atoms with Gasteiger partial charge in [0.15, 0.2) is 5.78 Å². The lowest BCUT2D eigenvalue weighted by Gasteiger charge is -2.26. The molecule has 0 aromatic heterocycles. The van der Waals surface area contributed by atoms with Gasteiger partial charge in [0.25, 0.3) is 0 Å². The van der Waals surface area contributed by atoms with Crippen molar-refractivity contribution in [3.8, 4) is 0 Å². The van der Waals surface area contributed by atoms with E-state index in [9.17, 15) is 9.59 Å². The molecule has 1 aliphatic rings. The summed E-state index contributed by atoms with van der Waals surface area (Å²) in [6.45, 7) is 0. The van der Waals surface area contributed by atoms with Crippen molar-refractivity contribution in [1.82, 2.24) is 0 Å². The van der Waals surface area contributed by atoms with Crippen molar-refractivity contribution in [2.45, 2.75) is 44.9 Å². The van der Waals surface area contributed by atoms with Gasteiger partial charge in [0.05, 0.1) is 7.11 Å². The molecule has 1 fully saturated rings. The number of hydrogen-bond acceptors (Lipinski definition) is 3. The summed E-state index contributed by atoms with van der Waals surface area (Å²) in [5.41, 5.74) is 0.529. The summed E-state index contributed by atoms with van der Waals surface area (Å²) in [5.74, 6) is -1.17. The van der Waals surface area contributed by atoms with Gasteiger partial charge in [-0.2, -0.15) is 0 Å². The van der Waals surface area contributed by atoms with Crippen molar-refractivity contribution in [3.05, 3.63) is 34.9 Å². The first kappa shape index (κ1) is 17.0. The van der Waals surface area contributed by atoms with Crippen LogP contribution in [0.5, 0.6) is 0 Å². The summed E-state index contributed by atoms with van der Waals surface area (Å²) in [6, 6.07) is 6.73. The third kappa shape index (κ3) is 4.33. The highest BCUT2D eigenvalue weighted by molar-refractivity contribution is 6.30. The number of halogens is 1. The molecule has 1 aliphatic carbocycles. The fourth-order valence-electron chi connectivity index (χ4n) is 3.26. The monoisotopic (exact) mass is 322 g/mol. The maximum Gasteiger partial charge on any atom is 0.316 e. The summed E-state index contributed by atoms with van der Waals surface area (Å²) < 4.78 is 4.92. The molecule has 0 amide bonds. The van der Waals surface area contributed by atoms with Crippen LogP contribution < -0.4 is 0 Å². The molecule has 2 rings (SSSR count). The molecule has 0 N–H and O–H groups in total. The van der Waals surface area contributed by atoms with Crippen LogP contribution in [0.25, 0.3) is 0 Å². The Labute approximate surface area is 137 Å². The molecule has 0 bridgehead atoms. The van der Waals surface area contributed by atoms with E-state index < -0.39 is 11.9 Å². The average Bonchev–Trinajstić information content (AvgIpc) is 2.49. The lowest BCUT2D eigenvalue weighted by Crippen LogP contribution is -2.33.